The number of carbonyl (C=O) groups is 1. The minimum atomic E-state index is -0.137. The van der Waals surface area contributed by atoms with E-state index < -0.39 is 0 Å². The van der Waals surface area contributed by atoms with Gasteiger partial charge in [0.2, 0.25) is 5.95 Å². The van der Waals surface area contributed by atoms with Gasteiger partial charge in [-0.25, -0.2) is 4.98 Å². The van der Waals surface area contributed by atoms with Gasteiger partial charge in [0.1, 0.15) is 0 Å². The quantitative estimate of drug-likeness (QED) is 0.677. The molecule has 3 heterocycles. The van der Waals surface area contributed by atoms with Crippen molar-refractivity contribution in [2.75, 3.05) is 18.8 Å². The standard InChI is InChI=1S/C21H21N5O2/c22-20-24-17-15(18(27)25-20)5-6-21(17)7-10-26(11-8-21)19(28)14-3-4-16-13(12-14)2-1-9-23-16/h1-4,9,12H,5-8,10-11H2,(H3,22,24,25,27). The molecule has 0 unspecified atom stereocenters. The van der Waals surface area contributed by atoms with E-state index in [0.29, 0.717) is 18.7 Å². The number of piperidine rings is 1. The number of nitrogens with one attached hydrogen (secondary N) is 1. The molecular weight excluding hydrogens is 354 g/mol. The SMILES string of the molecule is Nc1nc2c(c(=O)[nH]1)CCC21CCN(C(=O)c2ccc3ncccc3c2)CC1. The average molecular weight is 375 g/mol. The smallest absolute Gasteiger partial charge is 0.255 e. The third-order valence-electron chi connectivity index (χ3n) is 6.25. The minimum Gasteiger partial charge on any atom is -0.369 e. The number of likely N-dealkylation sites (tertiary alicyclic amines) is 1. The number of nitrogens with two attached hydrogens (primary N) is 1. The second-order valence-corrected chi connectivity index (χ2v) is 7.76. The summed E-state index contributed by atoms with van der Waals surface area (Å²) in [6.07, 6.45) is 4.97. The second kappa shape index (κ2) is 6.15. The highest BCUT2D eigenvalue weighted by Crippen LogP contribution is 2.44. The number of H-pyrrole nitrogens is 1. The van der Waals surface area contributed by atoms with Crippen LogP contribution in [0.2, 0.25) is 0 Å². The van der Waals surface area contributed by atoms with Crippen molar-refractivity contribution in [2.45, 2.75) is 31.1 Å². The molecule has 1 saturated heterocycles. The number of pyridine rings is 1. The van der Waals surface area contributed by atoms with E-state index in [9.17, 15) is 9.59 Å². The second-order valence-electron chi connectivity index (χ2n) is 7.76. The number of nitrogen functional groups attached to an aromatic ring is 1. The van der Waals surface area contributed by atoms with Gasteiger partial charge in [-0.2, -0.15) is 0 Å². The van der Waals surface area contributed by atoms with Gasteiger partial charge in [-0.15, -0.1) is 0 Å². The molecule has 2 aliphatic rings. The summed E-state index contributed by atoms with van der Waals surface area (Å²) >= 11 is 0. The lowest BCUT2D eigenvalue weighted by atomic mass is 9.76. The van der Waals surface area contributed by atoms with E-state index in [-0.39, 0.29) is 22.8 Å². The lowest BCUT2D eigenvalue weighted by Crippen LogP contribution is -2.44. The third kappa shape index (κ3) is 2.58. The Labute approximate surface area is 161 Å². The zero-order chi connectivity index (χ0) is 19.3. The molecule has 1 fully saturated rings. The Morgan fingerprint density at radius 1 is 1.18 bits per heavy atom. The molecule has 1 amide bonds. The number of rotatable bonds is 1. The van der Waals surface area contributed by atoms with Crippen LogP contribution in [0.1, 0.15) is 40.9 Å². The van der Waals surface area contributed by atoms with Gasteiger partial charge in [-0.1, -0.05) is 6.07 Å². The van der Waals surface area contributed by atoms with Gasteiger partial charge < -0.3 is 10.6 Å². The third-order valence-corrected chi connectivity index (χ3v) is 6.25. The molecule has 1 aliphatic carbocycles. The molecule has 0 radical (unpaired) electrons. The molecule has 142 valence electrons. The first-order valence-electron chi connectivity index (χ1n) is 9.59. The van der Waals surface area contributed by atoms with Gasteiger partial charge in [0.05, 0.1) is 11.2 Å². The summed E-state index contributed by atoms with van der Waals surface area (Å²) in [5, 5.41) is 0.963. The Morgan fingerprint density at radius 3 is 2.82 bits per heavy atom. The number of carbonyl (C=O) groups excluding carboxylic acids is 1. The predicted molar refractivity (Wildman–Crippen MR) is 106 cm³/mol. The van der Waals surface area contributed by atoms with Crippen molar-refractivity contribution in [1.29, 1.82) is 0 Å². The van der Waals surface area contributed by atoms with Crippen molar-refractivity contribution in [3.63, 3.8) is 0 Å². The van der Waals surface area contributed by atoms with Gasteiger partial charge in [0.15, 0.2) is 0 Å². The Bertz CT molecular complexity index is 1140. The van der Waals surface area contributed by atoms with Crippen LogP contribution in [0, 0.1) is 0 Å². The van der Waals surface area contributed by atoms with Crippen LogP contribution in [0.5, 0.6) is 0 Å². The first-order chi connectivity index (χ1) is 13.6. The van der Waals surface area contributed by atoms with E-state index >= 15 is 0 Å². The monoisotopic (exact) mass is 375 g/mol. The molecule has 0 saturated carbocycles. The Kier molecular flexibility index (Phi) is 3.72. The van der Waals surface area contributed by atoms with Crippen molar-refractivity contribution in [1.82, 2.24) is 19.9 Å². The summed E-state index contributed by atoms with van der Waals surface area (Å²) in [4.78, 5) is 38.5. The number of nitrogens with zero attached hydrogens (tertiary/aromatic N) is 3. The van der Waals surface area contributed by atoms with Crippen LogP contribution in [-0.4, -0.2) is 38.8 Å². The molecule has 1 aromatic carbocycles. The van der Waals surface area contributed by atoms with Crippen molar-refractivity contribution >= 4 is 22.8 Å². The van der Waals surface area contributed by atoms with Crippen molar-refractivity contribution in [2.24, 2.45) is 0 Å². The maximum atomic E-state index is 13.0. The van der Waals surface area contributed by atoms with Crippen molar-refractivity contribution < 1.29 is 4.79 Å². The first-order valence-corrected chi connectivity index (χ1v) is 9.59. The highest BCUT2D eigenvalue weighted by atomic mass is 16.2. The molecule has 1 spiro atoms. The van der Waals surface area contributed by atoms with Crippen molar-refractivity contribution in [3.05, 3.63) is 63.7 Å². The molecule has 0 atom stereocenters. The van der Waals surface area contributed by atoms with Crippen LogP contribution >= 0.6 is 0 Å². The normalized spacial score (nSPS) is 17.8. The lowest BCUT2D eigenvalue weighted by Gasteiger charge is -2.39. The van der Waals surface area contributed by atoms with Crippen LogP contribution in [0.25, 0.3) is 10.9 Å². The zero-order valence-electron chi connectivity index (χ0n) is 15.4. The Balaban J connectivity index is 1.38. The van der Waals surface area contributed by atoms with E-state index in [1.165, 1.54) is 0 Å². The fourth-order valence-electron chi connectivity index (χ4n) is 4.68. The van der Waals surface area contributed by atoms with Crippen LogP contribution in [-0.2, 0) is 11.8 Å². The summed E-state index contributed by atoms with van der Waals surface area (Å²) in [5.74, 6) is 0.213. The van der Waals surface area contributed by atoms with E-state index in [1.54, 1.807) is 6.20 Å². The summed E-state index contributed by atoms with van der Waals surface area (Å²) in [5.41, 5.74) is 8.69. The minimum absolute atomic E-state index is 0.0391. The summed E-state index contributed by atoms with van der Waals surface area (Å²) in [7, 11) is 0. The Hall–Kier alpha value is -3.22. The maximum Gasteiger partial charge on any atom is 0.255 e. The fraction of sp³-hybridized carbons (Fsp3) is 0.333. The number of benzene rings is 1. The summed E-state index contributed by atoms with van der Waals surface area (Å²) in [6, 6.07) is 9.48. The molecule has 0 bridgehead atoms. The maximum absolute atomic E-state index is 13.0. The lowest BCUT2D eigenvalue weighted by molar-refractivity contribution is 0.0663. The number of anilines is 1. The van der Waals surface area contributed by atoms with Crippen LogP contribution in [0.3, 0.4) is 0 Å². The van der Waals surface area contributed by atoms with E-state index in [2.05, 4.69) is 15.0 Å². The number of amides is 1. The highest BCUT2D eigenvalue weighted by molar-refractivity contribution is 5.98. The summed E-state index contributed by atoms with van der Waals surface area (Å²) in [6.45, 7) is 1.30. The summed E-state index contributed by atoms with van der Waals surface area (Å²) < 4.78 is 0. The number of aromatic amines is 1. The molecule has 5 rings (SSSR count). The zero-order valence-corrected chi connectivity index (χ0v) is 15.4. The van der Waals surface area contributed by atoms with Crippen LogP contribution < -0.4 is 11.3 Å². The van der Waals surface area contributed by atoms with E-state index in [1.807, 2.05) is 35.2 Å². The van der Waals surface area contributed by atoms with E-state index in [0.717, 1.165) is 47.8 Å². The fourth-order valence-corrected chi connectivity index (χ4v) is 4.68. The Morgan fingerprint density at radius 2 is 2.00 bits per heavy atom. The predicted octanol–water partition coefficient (Wildman–Crippen LogP) is 2.02. The van der Waals surface area contributed by atoms with Gasteiger partial charge in [0, 0.05) is 41.2 Å². The largest absolute Gasteiger partial charge is 0.369 e. The number of hydrogen-bond donors (Lipinski definition) is 2. The van der Waals surface area contributed by atoms with E-state index in [4.69, 9.17) is 5.73 Å². The van der Waals surface area contributed by atoms with Gasteiger partial charge in [0.25, 0.3) is 11.5 Å². The molecular formula is C21H21N5O2. The molecule has 7 nitrogen and oxygen atoms in total. The van der Waals surface area contributed by atoms with Crippen LogP contribution in [0.4, 0.5) is 5.95 Å². The molecule has 7 heteroatoms. The molecule has 3 aromatic rings. The van der Waals surface area contributed by atoms with Crippen molar-refractivity contribution in [3.8, 4) is 0 Å². The number of aromatic nitrogens is 3. The van der Waals surface area contributed by atoms with Gasteiger partial charge in [-0.05, 0) is 49.9 Å². The molecule has 2 aromatic heterocycles. The molecule has 28 heavy (non-hydrogen) atoms. The molecule has 3 N–H and O–H groups in total. The number of fused-ring (bicyclic) bond motifs is 3. The van der Waals surface area contributed by atoms with Gasteiger partial charge >= 0.3 is 0 Å². The van der Waals surface area contributed by atoms with Gasteiger partial charge in [-0.3, -0.25) is 19.6 Å². The highest BCUT2D eigenvalue weighted by Gasteiger charge is 2.44. The molecule has 1 aliphatic heterocycles. The first kappa shape index (κ1) is 16.9. The number of hydrogen-bond acceptors (Lipinski definition) is 5. The average Bonchev–Trinajstić information content (AvgIpc) is 3.06. The van der Waals surface area contributed by atoms with Crippen LogP contribution in [0.15, 0.2) is 41.3 Å². The topological polar surface area (TPSA) is 105 Å².